The molecular weight excluding hydrogens is 304 g/mol. The van der Waals surface area contributed by atoms with E-state index in [0.717, 1.165) is 11.3 Å². The molecular formula is C20H20O4. The zero-order chi connectivity index (χ0) is 17.2. The van der Waals surface area contributed by atoms with Gasteiger partial charge in [0.25, 0.3) is 0 Å². The van der Waals surface area contributed by atoms with Gasteiger partial charge in [0.15, 0.2) is 5.78 Å². The Morgan fingerprint density at radius 1 is 1.00 bits per heavy atom. The van der Waals surface area contributed by atoms with Crippen molar-refractivity contribution in [3.63, 3.8) is 0 Å². The van der Waals surface area contributed by atoms with Crippen molar-refractivity contribution in [2.45, 2.75) is 12.8 Å². The van der Waals surface area contributed by atoms with E-state index in [1.54, 1.807) is 43.5 Å². The first-order valence-corrected chi connectivity index (χ1v) is 7.76. The van der Waals surface area contributed by atoms with E-state index in [1.165, 1.54) is 0 Å². The van der Waals surface area contributed by atoms with Gasteiger partial charge < -0.3 is 9.47 Å². The molecule has 0 radical (unpaired) electrons. The van der Waals surface area contributed by atoms with Crippen LogP contribution in [0, 0.1) is 0 Å². The summed E-state index contributed by atoms with van der Waals surface area (Å²) >= 11 is 0. The molecule has 4 nitrogen and oxygen atoms in total. The van der Waals surface area contributed by atoms with E-state index < -0.39 is 0 Å². The highest BCUT2D eigenvalue weighted by Gasteiger charge is 2.06. The monoisotopic (exact) mass is 324 g/mol. The highest BCUT2D eigenvalue weighted by atomic mass is 16.5. The van der Waals surface area contributed by atoms with E-state index in [9.17, 15) is 9.59 Å². The summed E-state index contributed by atoms with van der Waals surface area (Å²) in [5.74, 6) is 0.414. The number of hydrogen-bond donors (Lipinski definition) is 0. The van der Waals surface area contributed by atoms with Crippen molar-refractivity contribution < 1.29 is 19.1 Å². The number of allylic oxidation sites excluding steroid dienone is 1. The molecule has 0 aromatic heterocycles. The third-order valence-corrected chi connectivity index (χ3v) is 3.39. The van der Waals surface area contributed by atoms with Gasteiger partial charge in [0.2, 0.25) is 0 Å². The van der Waals surface area contributed by atoms with E-state index >= 15 is 0 Å². The van der Waals surface area contributed by atoms with Crippen LogP contribution in [-0.4, -0.2) is 25.5 Å². The second-order valence-corrected chi connectivity index (χ2v) is 5.18. The fourth-order valence-corrected chi connectivity index (χ4v) is 2.06. The summed E-state index contributed by atoms with van der Waals surface area (Å²) in [7, 11) is 1.61. The lowest BCUT2D eigenvalue weighted by atomic mass is 10.1. The molecule has 4 heteroatoms. The van der Waals surface area contributed by atoms with Crippen LogP contribution in [-0.2, 0) is 9.53 Å². The fourth-order valence-electron chi connectivity index (χ4n) is 2.06. The van der Waals surface area contributed by atoms with E-state index in [0.29, 0.717) is 18.4 Å². The fraction of sp³-hybridized carbons (Fsp3) is 0.200. The van der Waals surface area contributed by atoms with Gasteiger partial charge in [-0.15, -0.1) is 0 Å². The number of methoxy groups -OCH3 is 1. The minimum Gasteiger partial charge on any atom is -0.497 e. The van der Waals surface area contributed by atoms with Gasteiger partial charge in [0, 0.05) is 6.42 Å². The van der Waals surface area contributed by atoms with Crippen molar-refractivity contribution in [1.29, 1.82) is 0 Å². The second-order valence-electron chi connectivity index (χ2n) is 5.18. The summed E-state index contributed by atoms with van der Waals surface area (Å²) in [5, 5.41) is 0. The van der Waals surface area contributed by atoms with E-state index in [-0.39, 0.29) is 18.4 Å². The molecule has 2 aromatic rings. The van der Waals surface area contributed by atoms with Crippen LogP contribution < -0.4 is 4.74 Å². The van der Waals surface area contributed by atoms with Gasteiger partial charge in [-0.05, 0) is 42.3 Å². The van der Waals surface area contributed by atoms with Crippen molar-refractivity contribution in [1.82, 2.24) is 0 Å². The van der Waals surface area contributed by atoms with Crippen molar-refractivity contribution in [3.05, 3.63) is 71.8 Å². The lowest BCUT2D eigenvalue weighted by Gasteiger charge is -2.03. The summed E-state index contributed by atoms with van der Waals surface area (Å²) in [4.78, 5) is 23.5. The third kappa shape index (κ3) is 5.72. The van der Waals surface area contributed by atoms with Gasteiger partial charge >= 0.3 is 5.97 Å². The Labute approximate surface area is 141 Å². The van der Waals surface area contributed by atoms with Gasteiger partial charge in [0.1, 0.15) is 5.75 Å². The van der Waals surface area contributed by atoms with Gasteiger partial charge in [-0.25, -0.2) is 4.79 Å². The van der Waals surface area contributed by atoms with Crippen LogP contribution in [0.1, 0.15) is 28.8 Å². The predicted molar refractivity (Wildman–Crippen MR) is 93.0 cm³/mol. The van der Waals surface area contributed by atoms with Crippen LogP contribution in [0.3, 0.4) is 0 Å². The Bertz CT molecular complexity index is 687. The van der Waals surface area contributed by atoms with Crippen LogP contribution in [0.2, 0.25) is 0 Å². The average Bonchev–Trinajstić information content (AvgIpc) is 2.64. The maximum absolute atomic E-state index is 11.8. The normalized spacial score (nSPS) is 10.5. The summed E-state index contributed by atoms with van der Waals surface area (Å²) in [5.41, 5.74) is 1.45. The smallest absolute Gasteiger partial charge is 0.338 e. The molecule has 0 heterocycles. The summed E-state index contributed by atoms with van der Waals surface area (Å²) in [6.07, 6.45) is 4.15. The first-order chi connectivity index (χ1) is 11.7. The van der Waals surface area contributed by atoms with Gasteiger partial charge in [-0.2, -0.15) is 0 Å². The topological polar surface area (TPSA) is 52.6 Å². The third-order valence-electron chi connectivity index (χ3n) is 3.39. The lowest BCUT2D eigenvalue weighted by molar-refractivity contribution is -0.114. The Balaban J connectivity index is 1.69. The number of benzene rings is 2. The molecule has 0 aliphatic carbocycles. The van der Waals surface area contributed by atoms with Gasteiger partial charge in [-0.3, -0.25) is 4.79 Å². The zero-order valence-electron chi connectivity index (χ0n) is 13.6. The zero-order valence-corrected chi connectivity index (χ0v) is 13.6. The standard InChI is InChI=1S/C20H20O4/c1-23-19-13-10-16(11-14-19)9-12-18(21)8-5-15-24-20(22)17-6-3-2-4-7-17/h2-4,6-7,9-14H,5,8,15H2,1H3/b12-9+. The molecule has 0 saturated carbocycles. The lowest BCUT2D eigenvalue weighted by Crippen LogP contribution is -2.07. The molecule has 0 aliphatic rings. The predicted octanol–water partition coefficient (Wildman–Crippen LogP) is 3.91. The van der Waals surface area contributed by atoms with E-state index in [4.69, 9.17) is 9.47 Å². The number of rotatable bonds is 8. The molecule has 0 aliphatic heterocycles. The first kappa shape index (κ1) is 17.5. The number of esters is 1. The highest BCUT2D eigenvalue weighted by Crippen LogP contribution is 2.12. The van der Waals surface area contributed by atoms with Crippen LogP contribution in [0.15, 0.2) is 60.7 Å². The summed E-state index contributed by atoms with van der Waals surface area (Å²) < 4.78 is 10.2. The number of carbonyl (C=O) groups is 2. The molecule has 2 aromatic carbocycles. The molecule has 0 atom stereocenters. The summed E-state index contributed by atoms with van der Waals surface area (Å²) in [6, 6.07) is 16.2. The quantitative estimate of drug-likeness (QED) is 0.420. The Morgan fingerprint density at radius 3 is 2.38 bits per heavy atom. The van der Waals surface area contributed by atoms with Crippen molar-refractivity contribution in [2.24, 2.45) is 0 Å². The van der Waals surface area contributed by atoms with Crippen LogP contribution >= 0.6 is 0 Å². The molecule has 124 valence electrons. The number of ketones is 1. The van der Waals surface area contributed by atoms with Crippen molar-refractivity contribution in [3.8, 4) is 5.75 Å². The van der Waals surface area contributed by atoms with Gasteiger partial charge in [-0.1, -0.05) is 36.4 Å². The highest BCUT2D eigenvalue weighted by molar-refractivity contribution is 5.93. The number of ether oxygens (including phenoxy) is 2. The Hall–Kier alpha value is -2.88. The number of hydrogen-bond acceptors (Lipinski definition) is 4. The Morgan fingerprint density at radius 2 is 1.71 bits per heavy atom. The molecule has 2 rings (SSSR count). The summed E-state index contributed by atoms with van der Waals surface area (Å²) in [6.45, 7) is 0.232. The molecule has 0 unspecified atom stereocenters. The molecule has 0 N–H and O–H groups in total. The van der Waals surface area contributed by atoms with Crippen LogP contribution in [0.5, 0.6) is 5.75 Å². The molecule has 0 saturated heterocycles. The van der Waals surface area contributed by atoms with E-state index in [1.807, 2.05) is 30.3 Å². The molecule has 0 bridgehead atoms. The van der Waals surface area contributed by atoms with Crippen LogP contribution in [0.4, 0.5) is 0 Å². The van der Waals surface area contributed by atoms with Crippen molar-refractivity contribution in [2.75, 3.05) is 13.7 Å². The molecule has 24 heavy (non-hydrogen) atoms. The maximum atomic E-state index is 11.8. The molecule has 0 amide bonds. The minimum atomic E-state index is -0.364. The van der Waals surface area contributed by atoms with E-state index in [2.05, 4.69) is 0 Å². The molecule has 0 fully saturated rings. The SMILES string of the molecule is COc1ccc(/C=C/C(=O)CCCOC(=O)c2ccccc2)cc1. The maximum Gasteiger partial charge on any atom is 0.338 e. The Kier molecular flexibility index (Phi) is 6.77. The largest absolute Gasteiger partial charge is 0.497 e. The second kappa shape index (κ2) is 9.30. The van der Waals surface area contributed by atoms with Gasteiger partial charge in [0.05, 0.1) is 19.3 Å². The van der Waals surface area contributed by atoms with Crippen LogP contribution in [0.25, 0.3) is 6.08 Å². The minimum absolute atomic E-state index is 0.00146. The number of carbonyl (C=O) groups excluding carboxylic acids is 2. The average molecular weight is 324 g/mol. The van der Waals surface area contributed by atoms with Crippen molar-refractivity contribution >= 4 is 17.8 Å². The molecule has 0 spiro atoms. The first-order valence-electron chi connectivity index (χ1n) is 7.76.